The molecule has 2 amide bonds. The minimum absolute atomic E-state index is 0.156. The lowest BCUT2D eigenvalue weighted by molar-refractivity contribution is -0.128. The average Bonchev–Trinajstić information content (AvgIpc) is 3.47. The third-order valence-corrected chi connectivity index (χ3v) is 4.45. The molecule has 1 saturated heterocycles. The second-order valence-electron chi connectivity index (χ2n) is 6.21. The van der Waals surface area contributed by atoms with E-state index in [0.29, 0.717) is 24.6 Å². The summed E-state index contributed by atoms with van der Waals surface area (Å²) < 4.78 is 0. The summed E-state index contributed by atoms with van der Waals surface area (Å²) in [5.41, 5.74) is 1.23. The molecule has 0 radical (unpaired) electrons. The van der Waals surface area contributed by atoms with Crippen LogP contribution >= 0.6 is 0 Å². The van der Waals surface area contributed by atoms with Gasteiger partial charge in [-0.2, -0.15) is 0 Å². The van der Waals surface area contributed by atoms with Crippen LogP contribution in [0.25, 0.3) is 0 Å². The highest BCUT2D eigenvalue weighted by molar-refractivity contribution is 5.98. The lowest BCUT2D eigenvalue weighted by Gasteiger charge is -2.35. The first-order valence-corrected chi connectivity index (χ1v) is 8.19. The van der Waals surface area contributed by atoms with Crippen LogP contribution in [0, 0.1) is 0 Å². The third kappa shape index (κ3) is 2.75. The first-order chi connectivity index (χ1) is 11.7. The molecule has 1 unspecified atom stereocenters. The van der Waals surface area contributed by atoms with Gasteiger partial charge in [-0.25, -0.2) is 9.97 Å². The normalized spacial score (nSPS) is 20.6. The van der Waals surface area contributed by atoms with Crippen molar-refractivity contribution in [1.29, 1.82) is 0 Å². The minimum Gasteiger partial charge on any atom is -0.352 e. The van der Waals surface area contributed by atoms with Gasteiger partial charge in [-0.15, -0.1) is 0 Å². The van der Waals surface area contributed by atoms with Crippen LogP contribution < -0.4 is 5.32 Å². The Kier molecular flexibility index (Phi) is 3.72. The number of aromatic nitrogens is 2. The fourth-order valence-electron chi connectivity index (χ4n) is 3.02. The van der Waals surface area contributed by atoms with E-state index in [1.165, 1.54) is 0 Å². The molecular weight excluding hydrogens is 304 g/mol. The fraction of sp³-hybridized carbons (Fsp3) is 0.333. The molecule has 1 aliphatic heterocycles. The van der Waals surface area contributed by atoms with Crippen LogP contribution in [-0.2, 0) is 4.79 Å². The van der Waals surface area contributed by atoms with Crippen LogP contribution in [0.15, 0.2) is 42.7 Å². The van der Waals surface area contributed by atoms with E-state index in [-0.39, 0.29) is 11.8 Å². The molecule has 2 aliphatic rings. The van der Waals surface area contributed by atoms with E-state index >= 15 is 0 Å². The molecule has 0 spiro atoms. The Bertz CT molecular complexity index is 756. The molecule has 1 N–H and O–H groups in total. The number of hydrogen-bond donors (Lipinski definition) is 1. The van der Waals surface area contributed by atoms with Crippen LogP contribution in [0.1, 0.15) is 46.5 Å². The summed E-state index contributed by atoms with van der Waals surface area (Å²) >= 11 is 0. The van der Waals surface area contributed by atoms with E-state index in [9.17, 15) is 9.59 Å². The highest BCUT2D eigenvalue weighted by atomic mass is 16.2. The van der Waals surface area contributed by atoms with Gasteiger partial charge in [-0.3, -0.25) is 9.59 Å². The summed E-state index contributed by atoms with van der Waals surface area (Å²) in [6, 6.07) is 8.74. The van der Waals surface area contributed by atoms with Crippen LogP contribution in [0.3, 0.4) is 0 Å². The molecule has 6 heteroatoms. The maximum absolute atomic E-state index is 12.9. The SMILES string of the molecule is O=C1NCCN(C(=O)c2cnc(C3CC3)nc2)C1c1ccccc1. The molecule has 24 heavy (non-hydrogen) atoms. The Balaban J connectivity index is 1.62. The zero-order valence-corrected chi connectivity index (χ0v) is 13.2. The molecule has 1 aliphatic carbocycles. The van der Waals surface area contributed by atoms with Gasteiger partial charge >= 0.3 is 0 Å². The van der Waals surface area contributed by atoms with Crippen molar-refractivity contribution in [3.63, 3.8) is 0 Å². The number of amides is 2. The number of piperazine rings is 1. The summed E-state index contributed by atoms with van der Waals surface area (Å²) in [5.74, 6) is 0.895. The molecule has 122 valence electrons. The molecule has 2 fully saturated rings. The predicted molar refractivity (Wildman–Crippen MR) is 87.2 cm³/mol. The van der Waals surface area contributed by atoms with E-state index < -0.39 is 6.04 Å². The number of carbonyl (C=O) groups excluding carboxylic acids is 2. The van der Waals surface area contributed by atoms with Crippen LogP contribution in [-0.4, -0.2) is 39.8 Å². The van der Waals surface area contributed by atoms with E-state index in [1.807, 2.05) is 30.3 Å². The number of carbonyl (C=O) groups is 2. The molecule has 1 saturated carbocycles. The maximum atomic E-state index is 12.9. The molecule has 2 aromatic rings. The zero-order valence-electron chi connectivity index (χ0n) is 13.2. The molecule has 1 atom stereocenters. The van der Waals surface area contributed by atoms with E-state index in [2.05, 4.69) is 15.3 Å². The first-order valence-electron chi connectivity index (χ1n) is 8.19. The Morgan fingerprint density at radius 2 is 1.83 bits per heavy atom. The quantitative estimate of drug-likeness (QED) is 0.933. The van der Waals surface area contributed by atoms with Crippen molar-refractivity contribution in [2.45, 2.75) is 24.8 Å². The van der Waals surface area contributed by atoms with Crippen LogP contribution in [0.2, 0.25) is 0 Å². The zero-order chi connectivity index (χ0) is 16.5. The van der Waals surface area contributed by atoms with Crippen molar-refractivity contribution in [3.8, 4) is 0 Å². The molecular formula is C18H18N4O2. The summed E-state index contributed by atoms with van der Waals surface area (Å²) in [7, 11) is 0. The third-order valence-electron chi connectivity index (χ3n) is 4.45. The van der Waals surface area contributed by atoms with Crippen molar-refractivity contribution < 1.29 is 9.59 Å². The predicted octanol–water partition coefficient (Wildman–Crippen LogP) is 1.67. The molecule has 1 aromatic heterocycles. The smallest absolute Gasteiger partial charge is 0.258 e. The highest BCUT2D eigenvalue weighted by Gasteiger charge is 2.35. The number of hydrogen-bond acceptors (Lipinski definition) is 4. The van der Waals surface area contributed by atoms with Gasteiger partial charge in [0.05, 0.1) is 5.56 Å². The molecule has 1 aromatic carbocycles. The van der Waals surface area contributed by atoms with Gasteiger partial charge < -0.3 is 10.2 Å². The fourth-order valence-corrected chi connectivity index (χ4v) is 3.02. The number of nitrogens with one attached hydrogen (secondary N) is 1. The highest BCUT2D eigenvalue weighted by Crippen LogP contribution is 2.37. The lowest BCUT2D eigenvalue weighted by Crippen LogP contribution is -2.52. The Morgan fingerprint density at radius 3 is 2.50 bits per heavy atom. The number of rotatable bonds is 3. The van der Waals surface area contributed by atoms with Gasteiger partial charge in [0.25, 0.3) is 5.91 Å². The standard InChI is InChI=1S/C18H18N4O2/c23-17-15(12-4-2-1-3-5-12)22(9-8-19-17)18(24)14-10-20-16(21-11-14)13-6-7-13/h1-5,10-11,13,15H,6-9H2,(H,19,23). The average molecular weight is 322 g/mol. The summed E-state index contributed by atoms with van der Waals surface area (Å²) in [4.78, 5) is 35.5. The number of benzene rings is 1. The number of nitrogens with zero attached hydrogens (tertiary/aromatic N) is 3. The van der Waals surface area contributed by atoms with Crippen molar-refractivity contribution in [3.05, 3.63) is 59.7 Å². The first kappa shape index (κ1) is 14.8. The van der Waals surface area contributed by atoms with E-state index in [0.717, 1.165) is 24.2 Å². The molecule has 4 rings (SSSR count). The van der Waals surface area contributed by atoms with Crippen molar-refractivity contribution in [2.75, 3.05) is 13.1 Å². The van der Waals surface area contributed by atoms with Crippen molar-refractivity contribution in [2.24, 2.45) is 0 Å². The summed E-state index contributed by atoms with van der Waals surface area (Å²) in [6.07, 6.45) is 5.40. The Hall–Kier alpha value is -2.76. The Morgan fingerprint density at radius 1 is 1.12 bits per heavy atom. The van der Waals surface area contributed by atoms with Crippen molar-refractivity contribution in [1.82, 2.24) is 20.2 Å². The minimum atomic E-state index is -0.615. The molecule has 0 bridgehead atoms. The topological polar surface area (TPSA) is 75.2 Å². The van der Waals surface area contributed by atoms with E-state index in [1.54, 1.807) is 17.3 Å². The maximum Gasteiger partial charge on any atom is 0.258 e. The van der Waals surface area contributed by atoms with Gasteiger partial charge in [-0.1, -0.05) is 30.3 Å². The molecule has 2 heterocycles. The second-order valence-corrected chi connectivity index (χ2v) is 6.21. The Labute approximate surface area is 139 Å². The second kappa shape index (κ2) is 6.03. The summed E-state index contributed by atoms with van der Waals surface area (Å²) in [5, 5.41) is 2.84. The molecule has 6 nitrogen and oxygen atoms in total. The van der Waals surface area contributed by atoms with Crippen molar-refractivity contribution >= 4 is 11.8 Å². The van der Waals surface area contributed by atoms with Gasteiger partial charge in [0.1, 0.15) is 11.9 Å². The summed E-state index contributed by atoms with van der Waals surface area (Å²) in [6.45, 7) is 0.920. The van der Waals surface area contributed by atoms with Crippen LogP contribution in [0.5, 0.6) is 0 Å². The monoisotopic (exact) mass is 322 g/mol. The van der Waals surface area contributed by atoms with Crippen LogP contribution in [0.4, 0.5) is 0 Å². The van der Waals surface area contributed by atoms with Gasteiger partial charge in [0.15, 0.2) is 0 Å². The van der Waals surface area contributed by atoms with Gasteiger partial charge in [-0.05, 0) is 18.4 Å². The van der Waals surface area contributed by atoms with E-state index in [4.69, 9.17) is 0 Å². The lowest BCUT2D eigenvalue weighted by atomic mass is 10.0. The van der Waals surface area contributed by atoms with Gasteiger partial charge in [0.2, 0.25) is 5.91 Å². The largest absolute Gasteiger partial charge is 0.352 e. The van der Waals surface area contributed by atoms with Gasteiger partial charge in [0, 0.05) is 31.4 Å².